The molecule has 1 aliphatic carbocycles. The fraction of sp³-hybridized carbons (Fsp3) is 0.688. The highest BCUT2D eigenvalue weighted by Crippen LogP contribution is 2.37. The van der Waals surface area contributed by atoms with Gasteiger partial charge in [0.25, 0.3) is 0 Å². The van der Waals surface area contributed by atoms with Crippen molar-refractivity contribution in [1.29, 1.82) is 0 Å². The molecule has 1 saturated heterocycles. The maximum absolute atomic E-state index is 4.44. The van der Waals surface area contributed by atoms with Crippen molar-refractivity contribution in [3.05, 3.63) is 18.1 Å². The van der Waals surface area contributed by atoms with E-state index in [1.54, 1.807) is 10.8 Å². The molecule has 0 bridgehead atoms. The maximum atomic E-state index is 4.44. The molecule has 2 fully saturated rings. The summed E-state index contributed by atoms with van der Waals surface area (Å²) >= 11 is 0. The summed E-state index contributed by atoms with van der Waals surface area (Å²) < 4.78 is 1.80. The number of hydrogen-bond donors (Lipinski definition) is 0. The Kier molecular flexibility index (Phi) is 3.28. The number of fused-ring (bicyclic) bond motifs is 1. The van der Waals surface area contributed by atoms with E-state index in [2.05, 4.69) is 26.3 Å². The first-order valence-corrected chi connectivity index (χ1v) is 8.24. The number of anilines is 1. The Hall–Kier alpha value is -1.65. The van der Waals surface area contributed by atoms with Gasteiger partial charge in [-0.2, -0.15) is 9.61 Å². The summed E-state index contributed by atoms with van der Waals surface area (Å²) in [5, 5.41) is 12.7. The van der Waals surface area contributed by atoms with Crippen molar-refractivity contribution in [3.8, 4) is 0 Å². The summed E-state index contributed by atoms with van der Waals surface area (Å²) in [5.74, 6) is 1.81. The lowest BCUT2D eigenvalue weighted by Crippen LogP contribution is -2.24. The lowest BCUT2D eigenvalue weighted by molar-refractivity contribution is 0.265. The normalized spacial score (nSPS) is 24.0. The summed E-state index contributed by atoms with van der Waals surface area (Å²) in [5.41, 5.74) is 3.13. The summed E-state index contributed by atoms with van der Waals surface area (Å²) in [4.78, 5) is 2.50. The molecular weight excluding hydrogens is 262 g/mol. The van der Waals surface area contributed by atoms with Crippen molar-refractivity contribution in [3.63, 3.8) is 0 Å². The number of rotatable bonds is 2. The van der Waals surface area contributed by atoms with Gasteiger partial charge in [0.2, 0.25) is 5.65 Å². The monoisotopic (exact) mass is 285 g/mol. The SMILES string of the molecule is Cc1cc(N2CCC(C3CCCCC3)C2)c2nncn2n1. The van der Waals surface area contributed by atoms with Crippen LogP contribution in [-0.4, -0.2) is 32.9 Å². The van der Waals surface area contributed by atoms with Gasteiger partial charge in [-0.15, -0.1) is 10.2 Å². The first-order valence-electron chi connectivity index (χ1n) is 8.24. The van der Waals surface area contributed by atoms with Crippen LogP contribution in [0.5, 0.6) is 0 Å². The minimum atomic E-state index is 0.863. The van der Waals surface area contributed by atoms with E-state index in [1.165, 1.54) is 50.8 Å². The third-order valence-corrected chi connectivity index (χ3v) is 5.25. The van der Waals surface area contributed by atoms with Crippen LogP contribution in [0.1, 0.15) is 44.2 Å². The Bertz CT molecular complexity index is 629. The van der Waals surface area contributed by atoms with Crippen LogP contribution in [0.2, 0.25) is 0 Å². The molecule has 112 valence electrons. The molecular formula is C16H23N5. The molecule has 0 N–H and O–H groups in total. The van der Waals surface area contributed by atoms with Crippen molar-refractivity contribution in [2.24, 2.45) is 11.8 Å². The molecule has 5 nitrogen and oxygen atoms in total. The number of hydrogen-bond acceptors (Lipinski definition) is 4. The molecule has 0 radical (unpaired) electrons. The third-order valence-electron chi connectivity index (χ3n) is 5.25. The number of aryl methyl sites for hydroxylation is 1. The van der Waals surface area contributed by atoms with E-state index in [0.29, 0.717) is 0 Å². The van der Waals surface area contributed by atoms with E-state index in [1.807, 2.05) is 6.92 Å². The molecule has 21 heavy (non-hydrogen) atoms. The Morgan fingerprint density at radius 3 is 2.81 bits per heavy atom. The molecule has 1 unspecified atom stereocenters. The summed E-state index contributed by atoms with van der Waals surface area (Å²) in [6.07, 6.45) is 10.2. The molecule has 2 aliphatic rings. The van der Waals surface area contributed by atoms with Crippen molar-refractivity contribution < 1.29 is 0 Å². The van der Waals surface area contributed by atoms with Crippen LogP contribution in [0.4, 0.5) is 5.69 Å². The minimum absolute atomic E-state index is 0.863. The molecule has 2 aromatic heterocycles. The minimum Gasteiger partial charge on any atom is -0.368 e. The fourth-order valence-corrected chi connectivity index (χ4v) is 4.16. The number of aromatic nitrogens is 4. The Morgan fingerprint density at radius 1 is 1.10 bits per heavy atom. The first kappa shape index (κ1) is 13.0. The van der Waals surface area contributed by atoms with Gasteiger partial charge in [-0.3, -0.25) is 0 Å². The van der Waals surface area contributed by atoms with E-state index in [-0.39, 0.29) is 0 Å². The molecule has 1 saturated carbocycles. The van der Waals surface area contributed by atoms with E-state index in [0.717, 1.165) is 29.7 Å². The zero-order chi connectivity index (χ0) is 14.2. The molecule has 4 rings (SSSR count). The van der Waals surface area contributed by atoms with Gasteiger partial charge >= 0.3 is 0 Å². The highest BCUT2D eigenvalue weighted by Gasteiger charge is 2.31. The topological polar surface area (TPSA) is 46.3 Å². The second kappa shape index (κ2) is 5.28. The molecule has 1 atom stereocenters. The molecule has 5 heteroatoms. The highest BCUT2D eigenvalue weighted by molar-refractivity contribution is 5.68. The second-order valence-corrected chi connectivity index (χ2v) is 6.66. The van der Waals surface area contributed by atoms with Gasteiger partial charge in [0.05, 0.1) is 11.4 Å². The van der Waals surface area contributed by atoms with Crippen LogP contribution in [0.25, 0.3) is 5.65 Å². The Labute approximate surface area is 125 Å². The first-order chi connectivity index (χ1) is 10.3. The van der Waals surface area contributed by atoms with Gasteiger partial charge in [0.15, 0.2) is 0 Å². The zero-order valence-corrected chi connectivity index (χ0v) is 12.7. The van der Waals surface area contributed by atoms with E-state index in [4.69, 9.17) is 0 Å². The average Bonchev–Trinajstić information content (AvgIpc) is 3.16. The molecule has 0 amide bonds. The summed E-state index contributed by atoms with van der Waals surface area (Å²) in [6, 6.07) is 2.16. The highest BCUT2D eigenvalue weighted by atomic mass is 15.4. The van der Waals surface area contributed by atoms with Crippen LogP contribution >= 0.6 is 0 Å². The molecule has 1 aliphatic heterocycles. The van der Waals surface area contributed by atoms with Gasteiger partial charge < -0.3 is 4.90 Å². The van der Waals surface area contributed by atoms with Crippen LogP contribution < -0.4 is 4.90 Å². The van der Waals surface area contributed by atoms with E-state index >= 15 is 0 Å². The van der Waals surface area contributed by atoms with Crippen LogP contribution in [0.3, 0.4) is 0 Å². The lowest BCUT2D eigenvalue weighted by atomic mass is 9.80. The van der Waals surface area contributed by atoms with E-state index < -0.39 is 0 Å². The van der Waals surface area contributed by atoms with Crippen LogP contribution in [0, 0.1) is 18.8 Å². The fourth-order valence-electron chi connectivity index (χ4n) is 4.16. The average molecular weight is 285 g/mol. The van der Waals surface area contributed by atoms with Gasteiger partial charge in [-0.05, 0) is 31.2 Å². The Morgan fingerprint density at radius 2 is 1.95 bits per heavy atom. The third kappa shape index (κ3) is 2.39. The predicted octanol–water partition coefficient (Wildman–Crippen LogP) is 2.84. The van der Waals surface area contributed by atoms with Crippen molar-refractivity contribution >= 4 is 11.3 Å². The van der Waals surface area contributed by atoms with Gasteiger partial charge in [-0.25, -0.2) is 0 Å². The smallest absolute Gasteiger partial charge is 0.200 e. The second-order valence-electron chi connectivity index (χ2n) is 6.66. The standard InChI is InChI=1S/C16H23N5/c1-12-9-15(16-18-17-11-21(16)19-12)20-8-7-14(10-20)13-5-3-2-4-6-13/h9,11,13-14H,2-8,10H2,1H3. The molecule has 3 heterocycles. The van der Waals surface area contributed by atoms with Gasteiger partial charge in [0, 0.05) is 13.1 Å². The molecule has 0 spiro atoms. The Balaban J connectivity index is 1.57. The molecule has 2 aromatic rings. The predicted molar refractivity (Wildman–Crippen MR) is 82.4 cm³/mol. The van der Waals surface area contributed by atoms with Crippen molar-refractivity contribution in [1.82, 2.24) is 19.8 Å². The largest absolute Gasteiger partial charge is 0.368 e. The zero-order valence-electron chi connectivity index (χ0n) is 12.7. The van der Waals surface area contributed by atoms with Crippen molar-refractivity contribution in [2.45, 2.75) is 45.4 Å². The maximum Gasteiger partial charge on any atom is 0.200 e. The van der Waals surface area contributed by atoms with Gasteiger partial charge in [0.1, 0.15) is 6.33 Å². The van der Waals surface area contributed by atoms with E-state index in [9.17, 15) is 0 Å². The quantitative estimate of drug-likeness (QED) is 0.851. The summed E-state index contributed by atoms with van der Waals surface area (Å²) in [6.45, 7) is 4.36. The molecule has 0 aromatic carbocycles. The van der Waals surface area contributed by atoms with Crippen LogP contribution in [0.15, 0.2) is 12.4 Å². The number of nitrogens with zero attached hydrogens (tertiary/aromatic N) is 5. The van der Waals surface area contributed by atoms with Crippen molar-refractivity contribution in [2.75, 3.05) is 18.0 Å². The van der Waals surface area contributed by atoms with Crippen LogP contribution in [-0.2, 0) is 0 Å². The lowest BCUT2D eigenvalue weighted by Gasteiger charge is -2.27. The summed E-state index contributed by atoms with van der Waals surface area (Å²) in [7, 11) is 0. The van der Waals surface area contributed by atoms with Gasteiger partial charge in [-0.1, -0.05) is 32.1 Å².